The van der Waals surface area contributed by atoms with Crippen molar-refractivity contribution in [3.8, 4) is 0 Å². The van der Waals surface area contributed by atoms with Gasteiger partial charge in [0.1, 0.15) is 5.15 Å². The van der Waals surface area contributed by atoms with E-state index in [1.165, 1.54) is 7.11 Å². The Morgan fingerprint density at radius 1 is 1.71 bits per heavy atom. The maximum Gasteiger partial charge on any atom is 0.357 e. The van der Waals surface area contributed by atoms with Crippen molar-refractivity contribution in [1.82, 2.24) is 4.98 Å². The number of esters is 1. The lowest BCUT2D eigenvalue weighted by Gasteiger charge is -2.12. The number of methoxy groups -OCH3 is 1. The van der Waals surface area contributed by atoms with Crippen molar-refractivity contribution < 1.29 is 9.53 Å². The molecule has 0 atom stereocenters. The van der Waals surface area contributed by atoms with Gasteiger partial charge in [-0.05, 0) is 18.9 Å². The summed E-state index contributed by atoms with van der Waals surface area (Å²) in [5.41, 5.74) is 1.61. The van der Waals surface area contributed by atoms with Crippen LogP contribution in [0, 0.1) is 0 Å². The van der Waals surface area contributed by atoms with Gasteiger partial charge in [-0.15, -0.1) is 0 Å². The van der Waals surface area contributed by atoms with E-state index in [9.17, 15) is 4.79 Å². The summed E-state index contributed by atoms with van der Waals surface area (Å²) in [6, 6.07) is 2.15. The molecule has 1 saturated carbocycles. The molecule has 0 saturated heterocycles. The molecule has 4 nitrogen and oxygen atoms in total. The number of carbonyl (C=O) groups is 1. The zero-order valence-electron chi connectivity index (χ0n) is 9.50. The quantitative estimate of drug-likeness (QED) is 0.661. The van der Waals surface area contributed by atoms with E-state index >= 15 is 0 Å². The normalized spacial score (nSPS) is 14.2. The van der Waals surface area contributed by atoms with Crippen molar-refractivity contribution in [2.75, 3.05) is 12.4 Å². The van der Waals surface area contributed by atoms with Crippen molar-refractivity contribution in [2.24, 2.45) is 0 Å². The average Bonchev–Trinajstić information content (AvgIpc) is 3.11. The van der Waals surface area contributed by atoms with Gasteiger partial charge in [0.2, 0.25) is 0 Å². The summed E-state index contributed by atoms with van der Waals surface area (Å²) in [5, 5.41) is 3.56. The summed E-state index contributed by atoms with van der Waals surface area (Å²) < 4.78 is 4.67. The molecule has 0 bridgehead atoms. The first-order valence-electron chi connectivity index (χ1n) is 5.33. The Balaban J connectivity index is 2.45. The van der Waals surface area contributed by atoms with Crippen LogP contribution < -0.4 is 5.32 Å². The molecule has 17 heavy (non-hydrogen) atoms. The molecule has 1 heterocycles. The minimum Gasteiger partial charge on any atom is -0.464 e. The highest BCUT2D eigenvalue weighted by Gasteiger charge is 2.24. The summed E-state index contributed by atoms with van der Waals surface area (Å²) in [4.78, 5) is 15.6. The Morgan fingerprint density at radius 3 is 2.94 bits per heavy atom. The summed E-state index contributed by atoms with van der Waals surface area (Å²) in [7, 11) is 1.31. The van der Waals surface area contributed by atoms with Crippen LogP contribution in [0.2, 0.25) is 5.15 Å². The van der Waals surface area contributed by atoms with E-state index in [1.807, 2.05) is 0 Å². The second-order valence-corrected chi connectivity index (χ2v) is 4.26. The Morgan fingerprint density at radius 2 is 2.41 bits per heavy atom. The molecule has 1 fully saturated rings. The second-order valence-electron chi connectivity index (χ2n) is 3.87. The standard InChI is InChI=1S/C12H13ClN2O2/c1-3-8-9(14-7-4-5-7)6-10(13)15-11(8)12(16)17-2/h3,6-7H,1,4-5H2,2H3,(H,14,15). The van der Waals surface area contributed by atoms with Gasteiger partial charge in [0.15, 0.2) is 5.69 Å². The van der Waals surface area contributed by atoms with Crippen LogP contribution in [0.5, 0.6) is 0 Å². The molecule has 1 aliphatic carbocycles. The molecule has 0 spiro atoms. The predicted octanol–water partition coefficient (Wildman–Crippen LogP) is 2.74. The van der Waals surface area contributed by atoms with Crippen LogP contribution in [-0.4, -0.2) is 24.1 Å². The average molecular weight is 253 g/mol. The highest BCUT2D eigenvalue weighted by atomic mass is 35.5. The molecule has 1 aromatic rings. The summed E-state index contributed by atoms with van der Waals surface area (Å²) in [6.07, 6.45) is 3.84. The lowest BCUT2D eigenvalue weighted by Crippen LogP contribution is -2.11. The molecule has 0 unspecified atom stereocenters. The Kier molecular flexibility index (Phi) is 3.33. The number of aromatic nitrogens is 1. The molecule has 0 aromatic carbocycles. The largest absolute Gasteiger partial charge is 0.464 e. The maximum absolute atomic E-state index is 11.6. The second kappa shape index (κ2) is 4.75. The van der Waals surface area contributed by atoms with Gasteiger partial charge in [0.05, 0.1) is 7.11 Å². The number of ether oxygens (including phenoxy) is 1. The molecule has 1 aromatic heterocycles. The van der Waals surface area contributed by atoms with Crippen molar-refractivity contribution in [3.05, 3.63) is 29.1 Å². The first-order chi connectivity index (χ1) is 8.15. The fourth-order valence-electron chi connectivity index (χ4n) is 1.55. The molecule has 90 valence electrons. The first kappa shape index (κ1) is 11.9. The van der Waals surface area contributed by atoms with Gasteiger partial charge >= 0.3 is 5.97 Å². The number of rotatable bonds is 4. The van der Waals surface area contributed by atoms with Crippen LogP contribution in [0.1, 0.15) is 28.9 Å². The molecule has 0 amide bonds. The van der Waals surface area contributed by atoms with E-state index in [2.05, 4.69) is 21.6 Å². The molecular formula is C12H13ClN2O2. The number of nitrogens with zero attached hydrogens (tertiary/aromatic N) is 1. The van der Waals surface area contributed by atoms with Crippen LogP contribution in [0.3, 0.4) is 0 Å². The van der Waals surface area contributed by atoms with Gasteiger partial charge in [0, 0.05) is 17.3 Å². The minimum absolute atomic E-state index is 0.193. The highest BCUT2D eigenvalue weighted by Crippen LogP contribution is 2.30. The number of hydrogen-bond acceptors (Lipinski definition) is 4. The Hall–Kier alpha value is -1.55. The van der Waals surface area contributed by atoms with Gasteiger partial charge in [-0.3, -0.25) is 0 Å². The van der Waals surface area contributed by atoms with E-state index in [0.29, 0.717) is 11.6 Å². The topological polar surface area (TPSA) is 51.2 Å². The van der Waals surface area contributed by atoms with Crippen LogP contribution in [0.25, 0.3) is 6.08 Å². The van der Waals surface area contributed by atoms with E-state index in [-0.39, 0.29) is 10.8 Å². The minimum atomic E-state index is -0.513. The highest BCUT2D eigenvalue weighted by molar-refractivity contribution is 6.30. The summed E-state index contributed by atoms with van der Waals surface area (Å²) >= 11 is 5.89. The van der Waals surface area contributed by atoms with Gasteiger partial charge < -0.3 is 10.1 Å². The third-order valence-corrected chi connectivity index (χ3v) is 2.74. The molecular weight excluding hydrogens is 240 g/mol. The Bertz CT molecular complexity index is 470. The van der Waals surface area contributed by atoms with Gasteiger partial charge in [0.25, 0.3) is 0 Å². The molecule has 0 aliphatic heterocycles. The Labute approximate surface area is 105 Å². The van der Waals surface area contributed by atoms with E-state index in [0.717, 1.165) is 18.5 Å². The van der Waals surface area contributed by atoms with Crippen molar-refractivity contribution in [1.29, 1.82) is 0 Å². The van der Waals surface area contributed by atoms with Gasteiger partial charge in [-0.1, -0.05) is 24.3 Å². The van der Waals surface area contributed by atoms with E-state index in [1.54, 1.807) is 12.1 Å². The number of halogens is 1. The monoisotopic (exact) mass is 252 g/mol. The summed E-state index contributed by atoms with van der Waals surface area (Å²) in [6.45, 7) is 3.70. The van der Waals surface area contributed by atoms with Crippen LogP contribution >= 0.6 is 11.6 Å². The fraction of sp³-hybridized carbons (Fsp3) is 0.333. The van der Waals surface area contributed by atoms with Crippen molar-refractivity contribution in [3.63, 3.8) is 0 Å². The number of anilines is 1. The maximum atomic E-state index is 11.6. The fourth-order valence-corrected chi connectivity index (χ4v) is 1.74. The first-order valence-corrected chi connectivity index (χ1v) is 5.71. The number of carbonyl (C=O) groups excluding carboxylic acids is 1. The molecule has 2 rings (SSSR count). The smallest absolute Gasteiger partial charge is 0.357 e. The van der Waals surface area contributed by atoms with Crippen LogP contribution in [-0.2, 0) is 4.74 Å². The molecule has 5 heteroatoms. The zero-order chi connectivity index (χ0) is 12.4. The SMILES string of the molecule is C=Cc1c(NC2CC2)cc(Cl)nc1C(=O)OC. The summed E-state index contributed by atoms with van der Waals surface area (Å²) in [5.74, 6) is -0.513. The number of hydrogen-bond donors (Lipinski definition) is 1. The third kappa shape index (κ3) is 2.58. The zero-order valence-corrected chi connectivity index (χ0v) is 10.3. The molecule has 1 N–H and O–H groups in total. The van der Waals surface area contributed by atoms with Gasteiger partial charge in [-0.25, -0.2) is 9.78 Å². The third-order valence-electron chi connectivity index (χ3n) is 2.55. The predicted molar refractivity (Wildman–Crippen MR) is 67.3 cm³/mol. The van der Waals surface area contributed by atoms with Gasteiger partial charge in [-0.2, -0.15) is 0 Å². The van der Waals surface area contributed by atoms with Crippen LogP contribution in [0.4, 0.5) is 5.69 Å². The number of pyridine rings is 1. The van der Waals surface area contributed by atoms with Crippen molar-refractivity contribution >= 4 is 29.3 Å². The lowest BCUT2D eigenvalue weighted by molar-refractivity contribution is 0.0594. The number of nitrogens with one attached hydrogen (secondary N) is 1. The molecule has 1 aliphatic rings. The van der Waals surface area contributed by atoms with Crippen molar-refractivity contribution in [2.45, 2.75) is 18.9 Å². The van der Waals surface area contributed by atoms with E-state index < -0.39 is 5.97 Å². The lowest BCUT2D eigenvalue weighted by atomic mass is 10.1. The van der Waals surface area contributed by atoms with Crippen LogP contribution in [0.15, 0.2) is 12.6 Å². The molecule has 0 radical (unpaired) electrons. The van der Waals surface area contributed by atoms with E-state index in [4.69, 9.17) is 11.6 Å².